The third-order valence-corrected chi connectivity index (χ3v) is 2.90. The van der Waals surface area contributed by atoms with E-state index in [4.69, 9.17) is 0 Å². The normalized spacial score (nSPS) is 10.1. The lowest BCUT2D eigenvalue weighted by atomic mass is 10.0. The van der Waals surface area contributed by atoms with Crippen LogP contribution in [-0.2, 0) is 6.42 Å². The summed E-state index contributed by atoms with van der Waals surface area (Å²) in [5.41, 5.74) is 5.28. The number of rotatable bonds is 3. The SMILES string of the molecule is CNc1ccc(Cc2ccccc2C)cc1. The molecule has 0 unspecified atom stereocenters. The van der Waals surface area contributed by atoms with Crippen LogP contribution < -0.4 is 5.32 Å². The number of anilines is 1. The van der Waals surface area contributed by atoms with Crippen molar-refractivity contribution in [2.45, 2.75) is 13.3 Å². The van der Waals surface area contributed by atoms with E-state index in [1.54, 1.807) is 0 Å². The van der Waals surface area contributed by atoms with Crippen LogP contribution >= 0.6 is 0 Å². The molecular weight excluding hydrogens is 194 g/mol. The van der Waals surface area contributed by atoms with Gasteiger partial charge in [0.05, 0.1) is 0 Å². The van der Waals surface area contributed by atoms with Crippen LogP contribution in [0.3, 0.4) is 0 Å². The van der Waals surface area contributed by atoms with Crippen LogP contribution in [0.5, 0.6) is 0 Å². The molecule has 1 N–H and O–H groups in total. The van der Waals surface area contributed by atoms with E-state index in [2.05, 4.69) is 60.8 Å². The third-order valence-electron chi connectivity index (χ3n) is 2.90. The Morgan fingerprint density at radius 2 is 1.62 bits per heavy atom. The van der Waals surface area contributed by atoms with E-state index in [0.717, 1.165) is 12.1 Å². The Hall–Kier alpha value is -1.76. The van der Waals surface area contributed by atoms with Crippen molar-refractivity contribution in [3.05, 3.63) is 65.2 Å². The molecule has 0 spiro atoms. The first-order valence-corrected chi connectivity index (χ1v) is 5.61. The molecule has 1 nitrogen and oxygen atoms in total. The van der Waals surface area contributed by atoms with E-state index in [1.165, 1.54) is 16.7 Å². The predicted octanol–water partition coefficient (Wildman–Crippen LogP) is 3.63. The van der Waals surface area contributed by atoms with Gasteiger partial charge in [0.1, 0.15) is 0 Å². The van der Waals surface area contributed by atoms with Gasteiger partial charge in [-0.3, -0.25) is 0 Å². The van der Waals surface area contributed by atoms with E-state index < -0.39 is 0 Å². The molecular formula is C15H17N. The van der Waals surface area contributed by atoms with Crippen molar-refractivity contribution in [2.75, 3.05) is 12.4 Å². The van der Waals surface area contributed by atoms with E-state index in [0.29, 0.717) is 0 Å². The molecule has 82 valence electrons. The Morgan fingerprint density at radius 3 is 2.25 bits per heavy atom. The molecule has 2 aromatic carbocycles. The van der Waals surface area contributed by atoms with Crippen LogP contribution in [0.4, 0.5) is 5.69 Å². The lowest BCUT2D eigenvalue weighted by molar-refractivity contribution is 1.16. The van der Waals surface area contributed by atoms with E-state index in [1.807, 2.05) is 7.05 Å². The summed E-state index contributed by atoms with van der Waals surface area (Å²) < 4.78 is 0. The van der Waals surface area contributed by atoms with Gasteiger partial charge in [0, 0.05) is 12.7 Å². The van der Waals surface area contributed by atoms with Crippen molar-refractivity contribution in [1.29, 1.82) is 0 Å². The summed E-state index contributed by atoms with van der Waals surface area (Å²) in [6.45, 7) is 2.16. The highest BCUT2D eigenvalue weighted by Gasteiger charge is 1.99. The molecule has 0 aromatic heterocycles. The van der Waals surface area contributed by atoms with Crippen LogP contribution in [-0.4, -0.2) is 7.05 Å². The van der Waals surface area contributed by atoms with E-state index in [9.17, 15) is 0 Å². The Labute approximate surface area is 97.1 Å². The van der Waals surface area contributed by atoms with Crippen molar-refractivity contribution in [3.8, 4) is 0 Å². The second kappa shape index (κ2) is 4.84. The van der Waals surface area contributed by atoms with Gasteiger partial charge < -0.3 is 5.32 Å². The molecule has 0 bridgehead atoms. The zero-order valence-corrected chi connectivity index (χ0v) is 9.83. The highest BCUT2D eigenvalue weighted by atomic mass is 14.8. The fourth-order valence-corrected chi connectivity index (χ4v) is 1.82. The lowest BCUT2D eigenvalue weighted by Crippen LogP contribution is -1.92. The second-order valence-electron chi connectivity index (χ2n) is 4.05. The van der Waals surface area contributed by atoms with Gasteiger partial charge in [0.2, 0.25) is 0 Å². The summed E-state index contributed by atoms with van der Waals surface area (Å²) in [6.07, 6.45) is 1.01. The fourth-order valence-electron chi connectivity index (χ4n) is 1.82. The minimum absolute atomic E-state index is 1.01. The molecule has 0 aliphatic heterocycles. The molecule has 0 radical (unpaired) electrons. The molecule has 0 amide bonds. The topological polar surface area (TPSA) is 12.0 Å². The van der Waals surface area contributed by atoms with Crippen molar-refractivity contribution < 1.29 is 0 Å². The zero-order chi connectivity index (χ0) is 11.4. The second-order valence-corrected chi connectivity index (χ2v) is 4.05. The van der Waals surface area contributed by atoms with Crippen LogP contribution in [0.1, 0.15) is 16.7 Å². The maximum Gasteiger partial charge on any atom is 0.0337 e. The number of hydrogen-bond donors (Lipinski definition) is 1. The molecule has 1 heteroatoms. The molecule has 2 rings (SSSR count). The van der Waals surface area contributed by atoms with Gasteiger partial charge in [0.25, 0.3) is 0 Å². The molecule has 0 atom stereocenters. The summed E-state index contributed by atoms with van der Waals surface area (Å²) in [5, 5.41) is 3.13. The first kappa shape index (κ1) is 10.7. The monoisotopic (exact) mass is 211 g/mol. The van der Waals surface area contributed by atoms with Crippen molar-refractivity contribution in [1.82, 2.24) is 0 Å². The van der Waals surface area contributed by atoms with Gasteiger partial charge >= 0.3 is 0 Å². The molecule has 0 saturated heterocycles. The quantitative estimate of drug-likeness (QED) is 0.817. The first-order chi connectivity index (χ1) is 7.79. The third kappa shape index (κ3) is 2.43. The minimum atomic E-state index is 1.01. The molecule has 0 aliphatic carbocycles. The van der Waals surface area contributed by atoms with Crippen molar-refractivity contribution in [2.24, 2.45) is 0 Å². The summed E-state index contributed by atoms with van der Waals surface area (Å²) in [5.74, 6) is 0. The Bertz CT molecular complexity index is 457. The molecule has 2 aromatic rings. The van der Waals surface area contributed by atoms with Crippen LogP contribution in [0.25, 0.3) is 0 Å². The van der Waals surface area contributed by atoms with E-state index >= 15 is 0 Å². The molecule has 0 saturated carbocycles. The largest absolute Gasteiger partial charge is 0.388 e. The maximum atomic E-state index is 3.13. The molecule has 16 heavy (non-hydrogen) atoms. The molecule has 0 fully saturated rings. The average molecular weight is 211 g/mol. The summed E-state index contributed by atoms with van der Waals surface area (Å²) in [6, 6.07) is 17.1. The van der Waals surface area contributed by atoms with Crippen LogP contribution in [0, 0.1) is 6.92 Å². The maximum absolute atomic E-state index is 3.13. The summed E-state index contributed by atoms with van der Waals surface area (Å²) >= 11 is 0. The Morgan fingerprint density at radius 1 is 0.938 bits per heavy atom. The Kier molecular flexibility index (Phi) is 3.25. The van der Waals surface area contributed by atoms with Gasteiger partial charge in [-0.15, -0.1) is 0 Å². The number of benzene rings is 2. The van der Waals surface area contributed by atoms with Gasteiger partial charge in [-0.05, 0) is 42.2 Å². The summed E-state index contributed by atoms with van der Waals surface area (Å²) in [4.78, 5) is 0. The van der Waals surface area contributed by atoms with Crippen LogP contribution in [0.2, 0.25) is 0 Å². The summed E-state index contributed by atoms with van der Waals surface area (Å²) in [7, 11) is 1.94. The van der Waals surface area contributed by atoms with Gasteiger partial charge in [-0.2, -0.15) is 0 Å². The van der Waals surface area contributed by atoms with Gasteiger partial charge in [0.15, 0.2) is 0 Å². The van der Waals surface area contributed by atoms with Crippen molar-refractivity contribution >= 4 is 5.69 Å². The number of hydrogen-bond acceptors (Lipinski definition) is 1. The van der Waals surface area contributed by atoms with Gasteiger partial charge in [-0.25, -0.2) is 0 Å². The zero-order valence-electron chi connectivity index (χ0n) is 9.83. The number of aryl methyl sites for hydroxylation is 1. The molecule has 0 heterocycles. The average Bonchev–Trinajstić information content (AvgIpc) is 2.33. The van der Waals surface area contributed by atoms with E-state index in [-0.39, 0.29) is 0 Å². The fraction of sp³-hybridized carbons (Fsp3) is 0.200. The highest BCUT2D eigenvalue weighted by molar-refractivity contribution is 5.45. The molecule has 0 aliphatic rings. The number of nitrogens with one attached hydrogen (secondary N) is 1. The highest BCUT2D eigenvalue weighted by Crippen LogP contribution is 2.15. The standard InChI is InChI=1S/C15H17N/c1-12-5-3-4-6-14(12)11-13-7-9-15(16-2)10-8-13/h3-10,16H,11H2,1-2H3. The van der Waals surface area contributed by atoms with Gasteiger partial charge in [-0.1, -0.05) is 36.4 Å². The van der Waals surface area contributed by atoms with Crippen molar-refractivity contribution in [3.63, 3.8) is 0 Å². The first-order valence-electron chi connectivity index (χ1n) is 5.61. The predicted molar refractivity (Wildman–Crippen MR) is 70.0 cm³/mol. The minimum Gasteiger partial charge on any atom is -0.388 e. The lowest BCUT2D eigenvalue weighted by Gasteiger charge is -2.06. The smallest absolute Gasteiger partial charge is 0.0337 e. The Balaban J connectivity index is 2.18. The van der Waals surface area contributed by atoms with Crippen LogP contribution in [0.15, 0.2) is 48.5 Å².